The van der Waals surface area contributed by atoms with Crippen LogP contribution in [0.1, 0.15) is 16.8 Å². The van der Waals surface area contributed by atoms with Crippen LogP contribution >= 0.6 is 0 Å². The number of benzene rings is 1. The predicted octanol–water partition coefficient (Wildman–Crippen LogP) is 0.703. The van der Waals surface area contributed by atoms with Gasteiger partial charge >= 0.3 is 0 Å². The van der Waals surface area contributed by atoms with Crippen molar-refractivity contribution in [3.05, 3.63) is 29.8 Å². The lowest BCUT2D eigenvalue weighted by Gasteiger charge is -2.11. The first-order valence-corrected chi connectivity index (χ1v) is 7.67. The fourth-order valence-electron chi connectivity index (χ4n) is 1.56. The molecule has 20 heavy (non-hydrogen) atoms. The quantitative estimate of drug-likeness (QED) is 0.752. The zero-order valence-corrected chi connectivity index (χ0v) is 12.7. The normalized spacial score (nSPS) is 11.3. The van der Waals surface area contributed by atoms with Gasteiger partial charge < -0.3 is 9.64 Å². The summed E-state index contributed by atoms with van der Waals surface area (Å²) in [4.78, 5) is 13.3. The first kappa shape index (κ1) is 16.6. The van der Waals surface area contributed by atoms with Crippen molar-refractivity contribution in [1.29, 1.82) is 0 Å². The van der Waals surface area contributed by atoms with Crippen LogP contribution in [0, 0.1) is 0 Å². The van der Waals surface area contributed by atoms with Crippen molar-refractivity contribution in [3.63, 3.8) is 0 Å². The van der Waals surface area contributed by atoms with E-state index in [1.54, 1.807) is 33.3 Å². The van der Waals surface area contributed by atoms with Gasteiger partial charge in [0, 0.05) is 39.9 Å². The van der Waals surface area contributed by atoms with E-state index in [2.05, 4.69) is 4.72 Å². The highest BCUT2D eigenvalue weighted by Gasteiger charge is 2.16. The van der Waals surface area contributed by atoms with Crippen LogP contribution in [0.5, 0.6) is 0 Å². The minimum atomic E-state index is -3.60. The third-order valence-electron chi connectivity index (χ3n) is 2.61. The van der Waals surface area contributed by atoms with Gasteiger partial charge in [0.05, 0.1) is 4.90 Å². The Morgan fingerprint density at radius 2 is 2.05 bits per heavy atom. The summed E-state index contributed by atoms with van der Waals surface area (Å²) >= 11 is 0. The Bertz CT molecular complexity index is 555. The molecule has 0 unspecified atom stereocenters. The Morgan fingerprint density at radius 3 is 2.65 bits per heavy atom. The standard InChI is InChI=1S/C13H20N2O4S/c1-15(2)13(16)11-6-4-7-12(10-11)20(17,18)14-8-5-9-19-3/h4,6-7,10,14H,5,8-9H2,1-3H3. The van der Waals surface area contributed by atoms with Crippen molar-refractivity contribution in [2.24, 2.45) is 0 Å². The van der Waals surface area contributed by atoms with E-state index < -0.39 is 10.0 Å². The summed E-state index contributed by atoms with van der Waals surface area (Å²) in [6, 6.07) is 5.98. The van der Waals surface area contributed by atoms with Crippen molar-refractivity contribution in [3.8, 4) is 0 Å². The molecule has 1 amide bonds. The molecule has 0 fully saturated rings. The Hall–Kier alpha value is -1.44. The number of hydrogen-bond donors (Lipinski definition) is 1. The molecule has 0 saturated heterocycles. The van der Waals surface area contributed by atoms with Gasteiger partial charge in [-0.25, -0.2) is 13.1 Å². The Labute approximate surface area is 119 Å². The van der Waals surface area contributed by atoms with Gasteiger partial charge in [0.1, 0.15) is 0 Å². The number of sulfonamides is 1. The minimum absolute atomic E-state index is 0.0858. The van der Waals surface area contributed by atoms with Crippen LogP contribution < -0.4 is 4.72 Å². The lowest BCUT2D eigenvalue weighted by Crippen LogP contribution is -2.26. The summed E-state index contributed by atoms with van der Waals surface area (Å²) < 4.78 is 31.5. The van der Waals surface area contributed by atoms with Crippen molar-refractivity contribution in [1.82, 2.24) is 9.62 Å². The van der Waals surface area contributed by atoms with Crippen molar-refractivity contribution < 1.29 is 17.9 Å². The molecule has 0 aromatic heterocycles. The second-order valence-electron chi connectivity index (χ2n) is 4.47. The molecule has 112 valence electrons. The van der Waals surface area contributed by atoms with E-state index in [9.17, 15) is 13.2 Å². The van der Waals surface area contributed by atoms with Crippen LogP contribution in [-0.4, -0.2) is 53.6 Å². The van der Waals surface area contributed by atoms with Crippen molar-refractivity contribution >= 4 is 15.9 Å². The molecule has 0 aliphatic heterocycles. The fourth-order valence-corrected chi connectivity index (χ4v) is 2.68. The number of amides is 1. The molecule has 1 aromatic carbocycles. The second kappa shape index (κ2) is 7.37. The second-order valence-corrected chi connectivity index (χ2v) is 6.24. The molecule has 1 N–H and O–H groups in total. The molecule has 0 atom stereocenters. The molecule has 1 aromatic rings. The summed E-state index contributed by atoms with van der Waals surface area (Å²) in [6.07, 6.45) is 0.589. The minimum Gasteiger partial charge on any atom is -0.385 e. The molecule has 0 bridgehead atoms. The maximum atomic E-state index is 12.1. The van der Waals surface area contributed by atoms with E-state index in [0.29, 0.717) is 25.1 Å². The van der Waals surface area contributed by atoms with E-state index in [1.807, 2.05) is 0 Å². The number of rotatable bonds is 7. The van der Waals surface area contributed by atoms with Gasteiger partial charge in [0.2, 0.25) is 10.0 Å². The highest BCUT2D eigenvalue weighted by atomic mass is 32.2. The molecular formula is C13H20N2O4S. The highest BCUT2D eigenvalue weighted by Crippen LogP contribution is 2.12. The lowest BCUT2D eigenvalue weighted by atomic mass is 10.2. The average molecular weight is 300 g/mol. The van der Waals surface area contributed by atoms with Gasteiger partial charge in [0.15, 0.2) is 0 Å². The summed E-state index contributed by atoms with van der Waals surface area (Å²) in [5, 5.41) is 0. The first-order valence-electron chi connectivity index (χ1n) is 6.19. The van der Waals surface area contributed by atoms with Crippen molar-refractivity contribution in [2.75, 3.05) is 34.4 Å². The average Bonchev–Trinajstić information content (AvgIpc) is 2.43. The third kappa shape index (κ3) is 4.59. The van der Waals surface area contributed by atoms with E-state index in [-0.39, 0.29) is 10.8 Å². The van der Waals surface area contributed by atoms with Gasteiger partial charge in [-0.15, -0.1) is 0 Å². The number of nitrogens with zero attached hydrogens (tertiary/aromatic N) is 1. The Morgan fingerprint density at radius 1 is 1.35 bits per heavy atom. The Kier molecular flexibility index (Phi) is 6.12. The van der Waals surface area contributed by atoms with E-state index in [1.165, 1.54) is 17.0 Å². The lowest BCUT2D eigenvalue weighted by molar-refractivity contribution is 0.0827. The largest absolute Gasteiger partial charge is 0.385 e. The number of carbonyl (C=O) groups excluding carboxylic acids is 1. The van der Waals surface area contributed by atoms with Crippen molar-refractivity contribution in [2.45, 2.75) is 11.3 Å². The maximum absolute atomic E-state index is 12.1. The fraction of sp³-hybridized carbons (Fsp3) is 0.462. The number of ether oxygens (including phenoxy) is 1. The smallest absolute Gasteiger partial charge is 0.253 e. The monoisotopic (exact) mass is 300 g/mol. The van der Waals surface area contributed by atoms with E-state index in [0.717, 1.165) is 0 Å². The summed E-state index contributed by atoms with van der Waals surface area (Å²) in [5.41, 5.74) is 0.342. The van der Waals surface area contributed by atoms with Gasteiger partial charge in [-0.1, -0.05) is 6.07 Å². The molecule has 0 aliphatic rings. The zero-order valence-electron chi connectivity index (χ0n) is 11.9. The number of nitrogens with one attached hydrogen (secondary N) is 1. The molecule has 1 rings (SSSR count). The van der Waals surface area contributed by atoms with Crippen LogP contribution in [0.4, 0.5) is 0 Å². The van der Waals surface area contributed by atoms with Gasteiger partial charge in [-0.05, 0) is 24.6 Å². The van der Waals surface area contributed by atoms with Gasteiger partial charge in [0.25, 0.3) is 5.91 Å². The molecule has 0 spiro atoms. The van der Waals surface area contributed by atoms with Crippen LogP contribution in [0.25, 0.3) is 0 Å². The maximum Gasteiger partial charge on any atom is 0.253 e. The summed E-state index contributed by atoms with van der Waals surface area (Å²) in [6.45, 7) is 0.781. The molecule has 0 aliphatic carbocycles. The van der Waals surface area contributed by atoms with Gasteiger partial charge in [-0.2, -0.15) is 0 Å². The van der Waals surface area contributed by atoms with Crippen LogP contribution in [0.15, 0.2) is 29.2 Å². The van der Waals surface area contributed by atoms with Crippen LogP contribution in [0.2, 0.25) is 0 Å². The predicted molar refractivity (Wildman–Crippen MR) is 76.1 cm³/mol. The highest BCUT2D eigenvalue weighted by molar-refractivity contribution is 7.89. The molecule has 7 heteroatoms. The van der Waals surface area contributed by atoms with E-state index >= 15 is 0 Å². The third-order valence-corrected chi connectivity index (χ3v) is 4.07. The number of hydrogen-bond acceptors (Lipinski definition) is 4. The van der Waals surface area contributed by atoms with E-state index in [4.69, 9.17) is 4.74 Å². The molecular weight excluding hydrogens is 280 g/mol. The number of carbonyl (C=O) groups is 1. The summed E-state index contributed by atoms with van der Waals surface area (Å²) in [7, 11) is 1.20. The Balaban J connectivity index is 2.85. The summed E-state index contributed by atoms with van der Waals surface area (Å²) in [5.74, 6) is -0.235. The molecule has 6 nitrogen and oxygen atoms in total. The topological polar surface area (TPSA) is 75.7 Å². The van der Waals surface area contributed by atoms with Crippen LogP contribution in [0.3, 0.4) is 0 Å². The first-order chi connectivity index (χ1) is 9.38. The number of methoxy groups -OCH3 is 1. The molecule has 0 radical (unpaired) electrons. The SMILES string of the molecule is COCCCNS(=O)(=O)c1cccc(C(=O)N(C)C)c1. The molecule has 0 heterocycles. The molecule has 0 saturated carbocycles. The van der Waals surface area contributed by atoms with Gasteiger partial charge in [-0.3, -0.25) is 4.79 Å². The van der Waals surface area contributed by atoms with Crippen LogP contribution in [-0.2, 0) is 14.8 Å². The zero-order chi connectivity index (χ0) is 15.2.